The Bertz CT molecular complexity index is 556. The Morgan fingerprint density at radius 1 is 1.52 bits per heavy atom. The van der Waals surface area contributed by atoms with E-state index < -0.39 is 16.8 Å². The molecule has 1 heterocycles. The molecule has 1 saturated carbocycles. The molecule has 114 valence electrons. The summed E-state index contributed by atoms with van der Waals surface area (Å²) < 4.78 is 1.19. The molecule has 2 unspecified atom stereocenters. The lowest BCUT2D eigenvalue weighted by Gasteiger charge is -2.27. The Morgan fingerprint density at radius 3 is 2.90 bits per heavy atom. The van der Waals surface area contributed by atoms with E-state index in [0.717, 1.165) is 12.8 Å². The summed E-state index contributed by atoms with van der Waals surface area (Å²) in [4.78, 5) is 32.7. The number of rotatable bonds is 5. The Morgan fingerprint density at radius 2 is 2.29 bits per heavy atom. The van der Waals surface area contributed by atoms with Crippen LogP contribution in [0.4, 0.5) is 5.82 Å². The van der Waals surface area contributed by atoms with Crippen molar-refractivity contribution in [1.82, 2.24) is 15.1 Å². The maximum atomic E-state index is 11.8. The predicted molar refractivity (Wildman–Crippen MR) is 70.4 cm³/mol. The van der Waals surface area contributed by atoms with Crippen molar-refractivity contribution in [3.63, 3.8) is 0 Å². The van der Waals surface area contributed by atoms with Crippen molar-refractivity contribution in [2.24, 2.45) is 5.92 Å². The van der Waals surface area contributed by atoms with Crippen LogP contribution in [0.2, 0.25) is 0 Å². The number of carbonyl (C=O) groups is 2. The summed E-state index contributed by atoms with van der Waals surface area (Å²) in [7, 11) is 0. The van der Waals surface area contributed by atoms with Gasteiger partial charge in [0.1, 0.15) is 6.54 Å². The minimum Gasteiger partial charge on any atom is -0.481 e. The van der Waals surface area contributed by atoms with E-state index in [1.807, 2.05) is 0 Å². The monoisotopic (exact) mass is 296 g/mol. The highest BCUT2D eigenvalue weighted by atomic mass is 16.6. The fourth-order valence-corrected chi connectivity index (χ4v) is 2.50. The van der Waals surface area contributed by atoms with Crippen LogP contribution in [-0.4, -0.2) is 37.7 Å². The van der Waals surface area contributed by atoms with E-state index in [9.17, 15) is 19.7 Å². The molecule has 2 N–H and O–H groups in total. The van der Waals surface area contributed by atoms with Gasteiger partial charge >= 0.3 is 11.8 Å². The van der Waals surface area contributed by atoms with Gasteiger partial charge in [0.05, 0.1) is 23.3 Å². The molecule has 0 aromatic carbocycles. The number of aliphatic carboxylic acids is 1. The van der Waals surface area contributed by atoms with E-state index in [2.05, 4.69) is 10.4 Å². The highest BCUT2D eigenvalue weighted by molar-refractivity contribution is 5.76. The fourth-order valence-electron chi connectivity index (χ4n) is 2.50. The summed E-state index contributed by atoms with van der Waals surface area (Å²) in [6.45, 7) is -0.123. The lowest BCUT2D eigenvalue weighted by molar-refractivity contribution is -0.389. The topological polar surface area (TPSA) is 127 Å². The number of carboxylic acids is 1. The second kappa shape index (κ2) is 6.33. The summed E-state index contributed by atoms with van der Waals surface area (Å²) in [5, 5.41) is 25.9. The number of nitrogens with one attached hydrogen (secondary N) is 1. The number of hydrogen-bond donors (Lipinski definition) is 2. The molecule has 0 radical (unpaired) electrons. The van der Waals surface area contributed by atoms with Crippen LogP contribution in [0.3, 0.4) is 0 Å². The maximum absolute atomic E-state index is 11.8. The SMILES string of the molecule is O=C(Cn1ccc([N+](=O)[O-])n1)NC1CCCC(C(=O)O)C1. The van der Waals surface area contributed by atoms with Gasteiger partial charge in [-0.25, -0.2) is 0 Å². The van der Waals surface area contributed by atoms with E-state index in [1.54, 1.807) is 0 Å². The van der Waals surface area contributed by atoms with Crippen LogP contribution in [-0.2, 0) is 16.1 Å². The molecule has 1 aliphatic carbocycles. The average Bonchev–Trinajstić information content (AvgIpc) is 2.87. The third-order valence-electron chi connectivity index (χ3n) is 3.51. The molecule has 0 saturated heterocycles. The standard InChI is InChI=1S/C12H16N4O5/c17-11(7-15-5-4-10(14-15)16(20)21)13-9-3-1-2-8(6-9)12(18)19/h4-5,8-9H,1-3,6-7H2,(H,13,17)(H,18,19). The summed E-state index contributed by atoms with van der Waals surface area (Å²) in [6.07, 6.45) is 3.91. The predicted octanol–water partition coefficient (Wildman–Crippen LogP) is 0.551. The molecule has 2 atom stereocenters. The molecule has 1 fully saturated rings. The second-order valence-electron chi connectivity index (χ2n) is 5.09. The Labute approximate surface area is 120 Å². The van der Waals surface area contributed by atoms with Crippen molar-refractivity contribution in [3.05, 3.63) is 22.4 Å². The Balaban J connectivity index is 1.86. The van der Waals surface area contributed by atoms with Gasteiger partial charge in [0.15, 0.2) is 0 Å². The highest BCUT2D eigenvalue weighted by Gasteiger charge is 2.28. The number of nitrogens with zero attached hydrogens (tertiary/aromatic N) is 3. The molecule has 1 aromatic heterocycles. The van der Waals surface area contributed by atoms with Gasteiger partial charge in [0.2, 0.25) is 5.91 Å². The normalized spacial score (nSPS) is 21.7. The van der Waals surface area contributed by atoms with Gasteiger partial charge in [0, 0.05) is 6.04 Å². The first-order valence-corrected chi connectivity index (χ1v) is 6.65. The Kier molecular flexibility index (Phi) is 4.51. The zero-order valence-electron chi connectivity index (χ0n) is 11.3. The summed E-state index contributed by atoms with van der Waals surface area (Å²) >= 11 is 0. The van der Waals surface area contributed by atoms with E-state index in [-0.39, 0.29) is 24.3 Å². The van der Waals surface area contributed by atoms with Crippen LogP contribution in [0.1, 0.15) is 25.7 Å². The third kappa shape index (κ3) is 4.01. The van der Waals surface area contributed by atoms with Crippen molar-refractivity contribution in [2.75, 3.05) is 0 Å². The molecular weight excluding hydrogens is 280 g/mol. The van der Waals surface area contributed by atoms with Gasteiger partial charge in [0.25, 0.3) is 0 Å². The van der Waals surface area contributed by atoms with Crippen LogP contribution < -0.4 is 5.32 Å². The minimum absolute atomic E-state index is 0.123. The van der Waals surface area contributed by atoms with E-state index in [1.165, 1.54) is 16.9 Å². The molecule has 1 amide bonds. The van der Waals surface area contributed by atoms with E-state index in [4.69, 9.17) is 5.11 Å². The van der Waals surface area contributed by atoms with Gasteiger partial charge in [-0.1, -0.05) is 6.42 Å². The molecule has 0 spiro atoms. The van der Waals surface area contributed by atoms with Crippen molar-refractivity contribution < 1.29 is 19.6 Å². The number of hydrogen-bond acceptors (Lipinski definition) is 5. The number of carboxylic acid groups (broad SMARTS) is 1. The van der Waals surface area contributed by atoms with Gasteiger partial charge in [-0.05, 0) is 24.2 Å². The smallest absolute Gasteiger partial charge is 0.389 e. The first-order chi connectivity index (χ1) is 9.95. The number of amides is 1. The largest absolute Gasteiger partial charge is 0.481 e. The van der Waals surface area contributed by atoms with Crippen LogP contribution in [0.5, 0.6) is 0 Å². The fraction of sp³-hybridized carbons (Fsp3) is 0.583. The molecule has 2 rings (SSSR count). The zero-order valence-corrected chi connectivity index (χ0v) is 11.3. The number of nitro groups is 1. The summed E-state index contributed by atoms with van der Waals surface area (Å²) in [5.41, 5.74) is 0. The zero-order chi connectivity index (χ0) is 15.4. The van der Waals surface area contributed by atoms with Crippen molar-refractivity contribution in [1.29, 1.82) is 0 Å². The first-order valence-electron chi connectivity index (χ1n) is 6.65. The van der Waals surface area contributed by atoms with Crippen LogP contribution in [0, 0.1) is 16.0 Å². The van der Waals surface area contributed by atoms with Crippen LogP contribution in [0.25, 0.3) is 0 Å². The Hall–Kier alpha value is -2.45. The highest BCUT2D eigenvalue weighted by Crippen LogP contribution is 2.24. The molecule has 9 heteroatoms. The first kappa shape index (κ1) is 14.9. The summed E-state index contributed by atoms with van der Waals surface area (Å²) in [5.74, 6) is -1.90. The quantitative estimate of drug-likeness (QED) is 0.603. The summed E-state index contributed by atoms with van der Waals surface area (Å²) in [6, 6.07) is 1.05. The van der Waals surface area contributed by atoms with Gasteiger partial charge in [-0.3, -0.25) is 9.59 Å². The van der Waals surface area contributed by atoms with Gasteiger partial charge in [-0.2, -0.15) is 4.68 Å². The lowest BCUT2D eigenvalue weighted by Crippen LogP contribution is -2.41. The molecule has 1 aromatic rings. The minimum atomic E-state index is -0.836. The van der Waals surface area contributed by atoms with E-state index in [0.29, 0.717) is 12.8 Å². The molecule has 21 heavy (non-hydrogen) atoms. The number of aromatic nitrogens is 2. The molecule has 9 nitrogen and oxygen atoms in total. The van der Waals surface area contributed by atoms with Gasteiger partial charge in [-0.15, -0.1) is 0 Å². The second-order valence-corrected chi connectivity index (χ2v) is 5.09. The molecule has 1 aliphatic rings. The molecular formula is C12H16N4O5. The van der Waals surface area contributed by atoms with Crippen molar-refractivity contribution >= 4 is 17.7 Å². The number of carbonyl (C=O) groups excluding carboxylic acids is 1. The van der Waals surface area contributed by atoms with E-state index >= 15 is 0 Å². The average molecular weight is 296 g/mol. The third-order valence-corrected chi connectivity index (χ3v) is 3.51. The van der Waals surface area contributed by atoms with Crippen molar-refractivity contribution in [2.45, 2.75) is 38.3 Å². The maximum Gasteiger partial charge on any atom is 0.389 e. The van der Waals surface area contributed by atoms with Crippen molar-refractivity contribution in [3.8, 4) is 0 Å². The molecule has 0 aliphatic heterocycles. The van der Waals surface area contributed by atoms with Crippen LogP contribution in [0.15, 0.2) is 12.3 Å². The van der Waals surface area contributed by atoms with Gasteiger partial charge < -0.3 is 20.5 Å². The lowest BCUT2D eigenvalue weighted by atomic mass is 9.86. The van der Waals surface area contributed by atoms with Crippen LogP contribution >= 0.6 is 0 Å². The molecule has 0 bridgehead atoms.